The van der Waals surface area contributed by atoms with Crippen molar-refractivity contribution in [2.24, 2.45) is 0 Å². The highest BCUT2D eigenvalue weighted by Gasteiger charge is 2.19. The molecule has 4 aromatic rings. The van der Waals surface area contributed by atoms with Crippen molar-refractivity contribution in [2.45, 2.75) is 17.7 Å². The predicted octanol–water partition coefficient (Wildman–Crippen LogP) is 5.71. The highest BCUT2D eigenvalue weighted by molar-refractivity contribution is 7.92. The first-order valence-electron chi connectivity index (χ1n) is 9.91. The standard InChI is InChI=1S/C25H20FNO3S2/c26-25-9-5-4-6-18(25)14-22(28)15-20-16-23(10-11-24(20)19-12-13-31-17-19)32(29,30)27-21-7-2-1-3-8-21/h1-13,16-17,27H,14-15H2. The number of hydrogen-bond acceptors (Lipinski definition) is 4. The summed E-state index contributed by atoms with van der Waals surface area (Å²) in [6.07, 6.45) is -0.0663. The van der Waals surface area contributed by atoms with Gasteiger partial charge in [-0.1, -0.05) is 42.5 Å². The first-order valence-corrected chi connectivity index (χ1v) is 12.3. The number of nitrogens with one attached hydrogen (secondary N) is 1. The van der Waals surface area contributed by atoms with Gasteiger partial charge in [-0.3, -0.25) is 9.52 Å². The molecule has 162 valence electrons. The molecule has 0 unspecified atom stereocenters. The second-order valence-corrected chi connectivity index (χ2v) is 9.75. The van der Waals surface area contributed by atoms with Crippen LogP contribution in [0.5, 0.6) is 0 Å². The summed E-state index contributed by atoms with van der Waals surface area (Å²) >= 11 is 1.51. The van der Waals surface area contributed by atoms with E-state index in [1.54, 1.807) is 54.6 Å². The third-order valence-electron chi connectivity index (χ3n) is 4.98. The number of sulfonamides is 1. The molecule has 3 aromatic carbocycles. The van der Waals surface area contributed by atoms with Crippen LogP contribution in [0.15, 0.2) is 94.5 Å². The van der Waals surface area contributed by atoms with E-state index in [9.17, 15) is 17.6 Å². The lowest BCUT2D eigenvalue weighted by Gasteiger charge is -2.13. The van der Waals surface area contributed by atoms with Crippen LogP contribution in [0.4, 0.5) is 10.1 Å². The highest BCUT2D eigenvalue weighted by atomic mass is 32.2. The maximum atomic E-state index is 14.0. The van der Waals surface area contributed by atoms with Gasteiger partial charge in [-0.2, -0.15) is 11.3 Å². The fraction of sp³-hybridized carbons (Fsp3) is 0.0800. The van der Waals surface area contributed by atoms with Gasteiger partial charge in [0, 0.05) is 18.5 Å². The molecule has 32 heavy (non-hydrogen) atoms. The third kappa shape index (κ3) is 5.12. The number of carbonyl (C=O) groups is 1. The molecule has 4 nitrogen and oxygen atoms in total. The number of halogens is 1. The number of benzene rings is 3. The quantitative estimate of drug-likeness (QED) is 0.363. The van der Waals surface area contributed by atoms with Crippen molar-refractivity contribution >= 4 is 32.8 Å². The Morgan fingerprint density at radius 2 is 1.59 bits per heavy atom. The fourth-order valence-electron chi connectivity index (χ4n) is 3.43. The van der Waals surface area contributed by atoms with E-state index in [1.165, 1.54) is 29.5 Å². The normalized spacial score (nSPS) is 11.3. The highest BCUT2D eigenvalue weighted by Crippen LogP contribution is 2.29. The van der Waals surface area contributed by atoms with E-state index in [4.69, 9.17) is 0 Å². The van der Waals surface area contributed by atoms with E-state index >= 15 is 0 Å². The fourth-order valence-corrected chi connectivity index (χ4v) is 5.20. The summed E-state index contributed by atoms with van der Waals surface area (Å²) in [5.74, 6) is -0.626. The summed E-state index contributed by atoms with van der Waals surface area (Å²) in [6, 6.07) is 21.5. The second kappa shape index (κ2) is 9.46. The first kappa shape index (κ1) is 21.9. The Balaban J connectivity index is 1.66. The summed E-state index contributed by atoms with van der Waals surface area (Å²) < 4.78 is 42.4. The Hall–Kier alpha value is -3.29. The van der Waals surface area contributed by atoms with Gasteiger partial charge in [0.15, 0.2) is 0 Å². The summed E-state index contributed by atoms with van der Waals surface area (Å²) in [7, 11) is -3.84. The molecule has 0 bridgehead atoms. The number of ketones is 1. The lowest BCUT2D eigenvalue weighted by Crippen LogP contribution is -2.14. The molecule has 0 aliphatic heterocycles. The van der Waals surface area contributed by atoms with Crippen LogP contribution in [0.2, 0.25) is 0 Å². The van der Waals surface area contributed by atoms with E-state index in [0.29, 0.717) is 16.8 Å². The van der Waals surface area contributed by atoms with E-state index < -0.39 is 15.8 Å². The molecular weight excluding hydrogens is 445 g/mol. The third-order valence-corrected chi connectivity index (χ3v) is 7.04. The first-order chi connectivity index (χ1) is 15.4. The van der Waals surface area contributed by atoms with Crippen LogP contribution in [-0.2, 0) is 27.7 Å². The summed E-state index contributed by atoms with van der Waals surface area (Å²) in [5, 5.41) is 3.86. The van der Waals surface area contributed by atoms with Crippen LogP contribution in [-0.4, -0.2) is 14.2 Å². The molecule has 1 heterocycles. The topological polar surface area (TPSA) is 63.2 Å². The van der Waals surface area contributed by atoms with Crippen molar-refractivity contribution < 1.29 is 17.6 Å². The van der Waals surface area contributed by atoms with Gasteiger partial charge in [0.05, 0.1) is 4.90 Å². The summed E-state index contributed by atoms with van der Waals surface area (Å²) in [4.78, 5) is 12.8. The monoisotopic (exact) mass is 465 g/mol. The van der Waals surface area contributed by atoms with Gasteiger partial charge in [0.2, 0.25) is 0 Å². The van der Waals surface area contributed by atoms with Crippen molar-refractivity contribution in [1.82, 2.24) is 0 Å². The molecule has 1 aromatic heterocycles. The van der Waals surface area contributed by atoms with Crippen LogP contribution in [0.25, 0.3) is 11.1 Å². The average Bonchev–Trinajstić information content (AvgIpc) is 3.30. The number of rotatable bonds is 8. The molecule has 0 saturated heterocycles. The Bertz CT molecular complexity index is 1330. The molecule has 1 N–H and O–H groups in total. The molecule has 0 atom stereocenters. The minimum Gasteiger partial charge on any atom is -0.299 e. The van der Waals surface area contributed by atoms with Gasteiger partial charge < -0.3 is 0 Å². The molecule has 0 aliphatic rings. The van der Waals surface area contributed by atoms with Gasteiger partial charge in [0.1, 0.15) is 11.6 Å². The van der Waals surface area contributed by atoms with Crippen LogP contribution in [0, 0.1) is 5.82 Å². The summed E-state index contributed by atoms with van der Waals surface area (Å²) in [5.41, 5.74) is 3.05. The molecule has 0 saturated carbocycles. The van der Waals surface area contributed by atoms with E-state index in [-0.39, 0.29) is 23.5 Å². The maximum Gasteiger partial charge on any atom is 0.261 e. The lowest BCUT2D eigenvalue weighted by molar-refractivity contribution is -0.117. The SMILES string of the molecule is O=C(Cc1ccccc1F)Cc1cc(S(=O)(=O)Nc2ccccc2)ccc1-c1ccsc1. The number of para-hydroxylation sites is 1. The minimum atomic E-state index is -3.84. The van der Waals surface area contributed by atoms with Crippen LogP contribution >= 0.6 is 11.3 Å². The van der Waals surface area contributed by atoms with E-state index in [1.807, 2.05) is 16.8 Å². The van der Waals surface area contributed by atoms with Gasteiger partial charge in [-0.15, -0.1) is 0 Å². The number of thiophene rings is 1. The zero-order valence-corrected chi connectivity index (χ0v) is 18.6. The average molecular weight is 466 g/mol. The molecular formula is C25H20FNO3S2. The number of hydrogen-bond donors (Lipinski definition) is 1. The van der Waals surface area contributed by atoms with E-state index in [0.717, 1.165) is 11.1 Å². The largest absolute Gasteiger partial charge is 0.299 e. The van der Waals surface area contributed by atoms with Gasteiger partial charge in [-0.25, -0.2) is 12.8 Å². The summed E-state index contributed by atoms with van der Waals surface area (Å²) in [6.45, 7) is 0. The molecule has 4 rings (SSSR count). The van der Waals surface area contributed by atoms with Crippen molar-refractivity contribution in [3.8, 4) is 11.1 Å². The Morgan fingerprint density at radius 3 is 2.31 bits per heavy atom. The second-order valence-electron chi connectivity index (χ2n) is 7.29. The molecule has 0 amide bonds. The van der Waals surface area contributed by atoms with E-state index in [2.05, 4.69) is 4.72 Å². The van der Waals surface area contributed by atoms with Crippen molar-refractivity contribution in [3.63, 3.8) is 0 Å². The Labute approximate surface area is 190 Å². The van der Waals surface area contributed by atoms with Crippen LogP contribution < -0.4 is 4.72 Å². The molecule has 0 aliphatic carbocycles. The molecule has 7 heteroatoms. The zero-order chi connectivity index (χ0) is 22.6. The number of anilines is 1. The van der Waals surface area contributed by atoms with Crippen LogP contribution in [0.3, 0.4) is 0 Å². The molecule has 0 fully saturated rings. The van der Waals surface area contributed by atoms with Gasteiger partial charge in [0.25, 0.3) is 10.0 Å². The van der Waals surface area contributed by atoms with Gasteiger partial charge in [-0.05, 0) is 69.4 Å². The smallest absolute Gasteiger partial charge is 0.261 e. The van der Waals surface area contributed by atoms with Crippen molar-refractivity contribution in [1.29, 1.82) is 0 Å². The van der Waals surface area contributed by atoms with Crippen molar-refractivity contribution in [3.05, 3.63) is 107 Å². The minimum absolute atomic E-state index is 0.00574. The molecule has 0 radical (unpaired) electrons. The Kier molecular flexibility index (Phi) is 6.48. The molecule has 0 spiro atoms. The predicted molar refractivity (Wildman–Crippen MR) is 126 cm³/mol. The van der Waals surface area contributed by atoms with Crippen LogP contribution in [0.1, 0.15) is 11.1 Å². The van der Waals surface area contributed by atoms with Crippen molar-refractivity contribution in [2.75, 3.05) is 4.72 Å². The van der Waals surface area contributed by atoms with Gasteiger partial charge >= 0.3 is 0 Å². The maximum absolute atomic E-state index is 14.0. The lowest BCUT2D eigenvalue weighted by atomic mass is 9.96. The zero-order valence-electron chi connectivity index (χ0n) is 17.0. The Morgan fingerprint density at radius 1 is 0.875 bits per heavy atom. The number of carbonyl (C=O) groups excluding carboxylic acids is 1. The number of Topliss-reactive ketones (excluding diaryl/α,β-unsaturated/α-hetero) is 1.